The summed E-state index contributed by atoms with van der Waals surface area (Å²) in [5.74, 6) is -0.578. The van der Waals surface area contributed by atoms with Gasteiger partial charge in [-0.3, -0.25) is 4.79 Å². The van der Waals surface area contributed by atoms with E-state index in [0.29, 0.717) is 5.03 Å². The molecule has 11 heavy (non-hydrogen) atoms. The second-order valence-electron chi connectivity index (χ2n) is 1.80. The summed E-state index contributed by atoms with van der Waals surface area (Å²) in [4.78, 5) is 10.5. The Balaban J connectivity index is 0.000001000. The average Bonchev–Trinajstić information content (AvgIpc) is 1.88. The predicted molar refractivity (Wildman–Crippen MR) is 44.4 cm³/mol. The number of hydrogen-bond acceptors (Lipinski definition) is 2. The van der Waals surface area contributed by atoms with Gasteiger partial charge in [0.15, 0.2) is 0 Å². The Morgan fingerprint density at radius 3 is 2.73 bits per heavy atom. The Kier molecular flexibility index (Phi) is 4.00. The Bertz CT molecular complexity index is 213. The van der Waals surface area contributed by atoms with Crippen LogP contribution in [0.15, 0.2) is 23.4 Å². The zero-order valence-corrected chi connectivity index (χ0v) is 7.06. The SMILES string of the molecule is Cl.NC(=O)C1OC=CC=C1Cl. The molecule has 0 radical (unpaired) electrons. The highest BCUT2D eigenvalue weighted by Crippen LogP contribution is 2.15. The van der Waals surface area contributed by atoms with Crippen LogP contribution in [0.4, 0.5) is 0 Å². The van der Waals surface area contributed by atoms with E-state index in [9.17, 15) is 4.79 Å². The maximum absolute atomic E-state index is 10.5. The second-order valence-corrected chi connectivity index (χ2v) is 2.24. The quantitative estimate of drug-likeness (QED) is 0.678. The summed E-state index contributed by atoms with van der Waals surface area (Å²) >= 11 is 5.56. The Labute approximate surface area is 75.3 Å². The first-order valence-corrected chi connectivity index (χ1v) is 3.06. The number of halogens is 2. The van der Waals surface area contributed by atoms with Gasteiger partial charge in [-0.25, -0.2) is 0 Å². The number of allylic oxidation sites excluding steroid dienone is 2. The molecule has 1 aliphatic heterocycles. The first kappa shape index (κ1) is 10.3. The maximum atomic E-state index is 10.5. The number of nitrogens with two attached hydrogens (primary N) is 1. The molecule has 5 heteroatoms. The van der Waals surface area contributed by atoms with Crippen molar-refractivity contribution < 1.29 is 9.53 Å². The number of carbonyl (C=O) groups excluding carboxylic acids is 1. The molecule has 0 spiro atoms. The molecular weight excluding hydrogens is 189 g/mol. The molecule has 1 atom stereocenters. The van der Waals surface area contributed by atoms with Crippen molar-refractivity contribution in [2.75, 3.05) is 0 Å². The fraction of sp³-hybridized carbons (Fsp3) is 0.167. The molecule has 0 fully saturated rings. The summed E-state index contributed by atoms with van der Waals surface area (Å²) in [5, 5.41) is 0.315. The van der Waals surface area contributed by atoms with Crippen LogP contribution in [-0.2, 0) is 9.53 Å². The highest BCUT2D eigenvalue weighted by molar-refractivity contribution is 6.32. The van der Waals surface area contributed by atoms with Crippen LogP contribution >= 0.6 is 24.0 Å². The average molecular weight is 196 g/mol. The molecule has 1 aliphatic rings. The molecule has 62 valence electrons. The standard InChI is InChI=1S/C6H6ClNO2.ClH/c7-4-2-1-3-10-5(4)6(8)9;/h1-3,5H,(H2,8,9);1H. The molecule has 1 heterocycles. The summed E-state index contributed by atoms with van der Waals surface area (Å²) in [6.07, 6.45) is 3.75. The van der Waals surface area contributed by atoms with Gasteiger partial charge in [0.1, 0.15) is 0 Å². The number of hydrogen-bond donors (Lipinski definition) is 1. The van der Waals surface area contributed by atoms with Gasteiger partial charge in [-0.05, 0) is 12.2 Å². The highest BCUT2D eigenvalue weighted by atomic mass is 35.5. The van der Waals surface area contributed by atoms with Crippen molar-refractivity contribution >= 4 is 29.9 Å². The minimum atomic E-state index is -0.799. The number of primary amides is 1. The molecule has 1 rings (SSSR count). The number of amides is 1. The van der Waals surface area contributed by atoms with Gasteiger partial charge in [0.2, 0.25) is 6.10 Å². The molecular formula is C6H7Cl2NO2. The van der Waals surface area contributed by atoms with Crippen LogP contribution in [0.25, 0.3) is 0 Å². The first-order valence-electron chi connectivity index (χ1n) is 2.69. The van der Waals surface area contributed by atoms with Crippen LogP contribution in [0.5, 0.6) is 0 Å². The second kappa shape index (κ2) is 4.26. The molecule has 0 aliphatic carbocycles. The van der Waals surface area contributed by atoms with E-state index >= 15 is 0 Å². The van der Waals surface area contributed by atoms with Gasteiger partial charge in [-0.2, -0.15) is 0 Å². The summed E-state index contributed by atoms with van der Waals surface area (Å²) in [7, 11) is 0. The summed E-state index contributed by atoms with van der Waals surface area (Å²) in [6.45, 7) is 0. The Morgan fingerprint density at radius 1 is 1.73 bits per heavy atom. The summed E-state index contributed by atoms with van der Waals surface area (Å²) in [6, 6.07) is 0. The molecule has 1 amide bonds. The van der Waals surface area contributed by atoms with Gasteiger partial charge >= 0.3 is 0 Å². The lowest BCUT2D eigenvalue weighted by atomic mass is 10.2. The zero-order valence-electron chi connectivity index (χ0n) is 5.49. The van der Waals surface area contributed by atoms with E-state index in [1.54, 1.807) is 12.2 Å². The summed E-state index contributed by atoms with van der Waals surface area (Å²) in [5.41, 5.74) is 4.93. The minimum absolute atomic E-state index is 0. The van der Waals surface area contributed by atoms with Crippen LogP contribution in [0, 0.1) is 0 Å². The lowest BCUT2D eigenvalue weighted by Gasteiger charge is -2.13. The Morgan fingerprint density at radius 2 is 2.36 bits per heavy atom. The molecule has 0 aromatic heterocycles. The van der Waals surface area contributed by atoms with Gasteiger partial charge < -0.3 is 10.5 Å². The van der Waals surface area contributed by atoms with Crippen molar-refractivity contribution in [3.05, 3.63) is 23.4 Å². The molecule has 2 N–H and O–H groups in total. The van der Waals surface area contributed by atoms with Crippen molar-refractivity contribution in [3.63, 3.8) is 0 Å². The fourth-order valence-electron chi connectivity index (χ4n) is 0.610. The predicted octanol–water partition coefficient (Wildman–Crippen LogP) is 0.929. The lowest BCUT2D eigenvalue weighted by molar-refractivity contribution is -0.124. The third-order valence-corrected chi connectivity index (χ3v) is 1.38. The third-order valence-electron chi connectivity index (χ3n) is 1.06. The molecule has 0 aromatic carbocycles. The molecule has 3 nitrogen and oxygen atoms in total. The highest BCUT2D eigenvalue weighted by Gasteiger charge is 2.20. The van der Waals surface area contributed by atoms with E-state index in [1.807, 2.05) is 0 Å². The number of ether oxygens (including phenoxy) is 1. The molecule has 0 saturated carbocycles. The van der Waals surface area contributed by atoms with Crippen LogP contribution in [-0.4, -0.2) is 12.0 Å². The first-order chi connectivity index (χ1) is 4.72. The van der Waals surface area contributed by atoms with E-state index in [4.69, 9.17) is 22.1 Å². The van der Waals surface area contributed by atoms with Gasteiger partial charge in [0.05, 0.1) is 11.3 Å². The van der Waals surface area contributed by atoms with Gasteiger partial charge in [-0.1, -0.05) is 11.6 Å². The van der Waals surface area contributed by atoms with E-state index in [1.165, 1.54) is 6.26 Å². The normalized spacial score (nSPS) is 21.2. The van der Waals surface area contributed by atoms with E-state index in [0.717, 1.165) is 0 Å². The van der Waals surface area contributed by atoms with E-state index in [-0.39, 0.29) is 12.4 Å². The largest absolute Gasteiger partial charge is 0.482 e. The van der Waals surface area contributed by atoms with Gasteiger partial charge in [-0.15, -0.1) is 12.4 Å². The minimum Gasteiger partial charge on any atom is -0.482 e. The maximum Gasteiger partial charge on any atom is 0.264 e. The third kappa shape index (κ3) is 2.44. The molecule has 0 bridgehead atoms. The van der Waals surface area contributed by atoms with Crippen molar-refractivity contribution in [3.8, 4) is 0 Å². The van der Waals surface area contributed by atoms with Crippen molar-refractivity contribution in [2.24, 2.45) is 5.73 Å². The summed E-state index contributed by atoms with van der Waals surface area (Å²) < 4.78 is 4.80. The van der Waals surface area contributed by atoms with Crippen molar-refractivity contribution in [1.29, 1.82) is 0 Å². The molecule has 0 aromatic rings. The zero-order chi connectivity index (χ0) is 7.56. The molecule has 1 unspecified atom stereocenters. The molecule has 0 saturated heterocycles. The van der Waals surface area contributed by atoms with Crippen LogP contribution in [0.2, 0.25) is 0 Å². The van der Waals surface area contributed by atoms with Gasteiger partial charge in [0, 0.05) is 0 Å². The lowest BCUT2D eigenvalue weighted by Crippen LogP contribution is -2.30. The van der Waals surface area contributed by atoms with E-state index < -0.39 is 12.0 Å². The van der Waals surface area contributed by atoms with Gasteiger partial charge in [0.25, 0.3) is 5.91 Å². The monoisotopic (exact) mass is 195 g/mol. The Hall–Kier alpha value is -0.670. The van der Waals surface area contributed by atoms with Crippen LogP contribution < -0.4 is 5.73 Å². The number of carbonyl (C=O) groups is 1. The van der Waals surface area contributed by atoms with Crippen molar-refractivity contribution in [2.45, 2.75) is 6.10 Å². The van der Waals surface area contributed by atoms with Crippen molar-refractivity contribution in [1.82, 2.24) is 0 Å². The smallest absolute Gasteiger partial charge is 0.264 e. The fourth-order valence-corrected chi connectivity index (χ4v) is 0.842. The van der Waals surface area contributed by atoms with Crippen LogP contribution in [0.1, 0.15) is 0 Å². The van der Waals surface area contributed by atoms with E-state index in [2.05, 4.69) is 0 Å². The topological polar surface area (TPSA) is 52.3 Å². The van der Waals surface area contributed by atoms with Crippen LogP contribution in [0.3, 0.4) is 0 Å². The number of rotatable bonds is 1.